The highest BCUT2D eigenvalue weighted by Gasteiger charge is 2.32. The Morgan fingerprint density at radius 1 is 1.00 bits per heavy atom. The van der Waals surface area contributed by atoms with E-state index in [0.717, 1.165) is 73.4 Å². The van der Waals surface area contributed by atoms with Gasteiger partial charge in [0, 0.05) is 68.7 Å². The van der Waals surface area contributed by atoms with Crippen LogP contribution < -0.4 is 5.32 Å². The second kappa shape index (κ2) is 10.4. The molecule has 1 unspecified atom stereocenters. The molecule has 5 rings (SSSR count). The zero-order valence-corrected chi connectivity index (χ0v) is 18.9. The van der Waals surface area contributed by atoms with Crippen molar-refractivity contribution in [3.05, 3.63) is 60.4 Å². The number of para-hydroxylation sites is 1. The van der Waals surface area contributed by atoms with E-state index in [1.807, 2.05) is 47.4 Å². The van der Waals surface area contributed by atoms with Crippen LogP contribution in [-0.4, -0.2) is 71.0 Å². The fourth-order valence-corrected chi connectivity index (χ4v) is 4.46. The predicted molar refractivity (Wildman–Crippen MR) is 128 cm³/mol. The molecule has 31 heavy (non-hydrogen) atoms. The lowest BCUT2D eigenvalue weighted by atomic mass is 10.0. The minimum absolute atomic E-state index is 0. The molecule has 1 N–H and O–H groups in total. The third-order valence-electron chi connectivity index (χ3n) is 6.04. The molecule has 1 atom stereocenters. The molecule has 4 heterocycles. The van der Waals surface area contributed by atoms with Gasteiger partial charge in [-0.05, 0) is 30.7 Å². The van der Waals surface area contributed by atoms with E-state index in [1.165, 1.54) is 0 Å². The van der Waals surface area contributed by atoms with Gasteiger partial charge in [0.1, 0.15) is 0 Å². The molecule has 0 bridgehead atoms. The number of pyridine rings is 2. The van der Waals surface area contributed by atoms with Crippen LogP contribution in [-0.2, 0) is 0 Å². The van der Waals surface area contributed by atoms with Crippen LogP contribution in [0.2, 0.25) is 0 Å². The van der Waals surface area contributed by atoms with Gasteiger partial charge in [-0.25, -0.2) is 4.98 Å². The van der Waals surface area contributed by atoms with Crippen molar-refractivity contribution in [1.29, 1.82) is 0 Å². The number of halogens is 2. The lowest BCUT2D eigenvalue weighted by molar-refractivity contribution is 0.0775. The molecule has 0 radical (unpaired) electrons. The van der Waals surface area contributed by atoms with Gasteiger partial charge in [-0.1, -0.05) is 18.2 Å². The summed E-state index contributed by atoms with van der Waals surface area (Å²) in [5, 5.41) is 4.32. The van der Waals surface area contributed by atoms with Crippen molar-refractivity contribution in [2.24, 2.45) is 0 Å². The van der Waals surface area contributed by atoms with Gasteiger partial charge in [-0.2, -0.15) is 0 Å². The van der Waals surface area contributed by atoms with Crippen molar-refractivity contribution in [2.45, 2.75) is 12.5 Å². The number of nitrogens with zero attached hydrogens (tertiary/aromatic N) is 4. The minimum Gasteiger partial charge on any atom is -0.337 e. The molecule has 6 nitrogen and oxygen atoms in total. The van der Waals surface area contributed by atoms with Crippen molar-refractivity contribution in [3.63, 3.8) is 0 Å². The average Bonchev–Trinajstić information content (AvgIpc) is 3.29. The lowest BCUT2D eigenvalue weighted by Gasteiger charge is -2.32. The summed E-state index contributed by atoms with van der Waals surface area (Å²) in [6, 6.07) is 14.2. The number of rotatable bonds is 3. The van der Waals surface area contributed by atoms with E-state index >= 15 is 0 Å². The second-order valence-corrected chi connectivity index (χ2v) is 7.79. The third kappa shape index (κ3) is 4.83. The number of benzene rings is 1. The molecule has 164 valence electrons. The standard InChI is InChI=1S/C23H25N5O.2ClH/c29-23(28-12-7-18(16-28)27-13-10-25-11-14-27)20-15-22(17-5-8-24-9-6-17)26-21-4-2-1-3-19(20)21;;/h1-6,8-9,15,18,25H,7,10-14,16H2;2*1H. The highest BCUT2D eigenvalue weighted by molar-refractivity contribution is 6.07. The highest BCUT2D eigenvalue weighted by Crippen LogP contribution is 2.27. The molecular formula is C23H27Cl2N5O. The molecule has 0 saturated carbocycles. The van der Waals surface area contributed by atoms with Crippen molar-refractivity contribution >= 4 is 41.6 Å². The fourth-order valence-electron chi connectivity index (χ4n) is 4.46. The molecule has 2 aliphatic rings. The topological polar surface area (TPSA) is 61.4 Å². The third-order valence-corrected chi connectivity index (χ3v) is 6.04. The molecule has 1 amide bonds. The Balaban J connectivity index is 0.00000136. The largest absolute Gasteiger partial charge is 0.337 e. The summed E-state index contributed by atoms with van der Waals surface area (Å²) >= 11 is 0. The van der Waals surface area contributed by atoms with Crippen LogP contribution in [0.15, 0.2) is 54.9 Å². The molecule has 2 aromatic heterocycles. The SMILES string of the molecule is Cl.Cl.O=C(c1cc(-c2ccncc2)nc2ccccc12)N1CCC(N2CCNCC2)C1. The van der Waals surface area contributed by atoms with Crippen LogP contribution in [0.25, 0.3) is 22.2 Å². The Hall–Kier alpha value is -2.25. The summed E-state index contributed by atoms with van der Waals surface area (Å²) in [6.45, 7) is 5.83. The number of hydrogen-bond donors (Lipinski definition) is 1. The summed E-state index contributed by atoms with van der Waals surface area (Å²) < 4.78 is 0. The maximum absolute atomic E-state index is 13.5. The Labute approximate surface area is 194 Å². The number of hydrogen-bond acceptors (Lipinski definition) is 5. The number of fused-ring (bicyclic) bond motifs is 1. The first kappa shape index (κ1) is 23.4. The maximum Gasteiger partial charge on any atom is 0.254 e. The number of likely N-dealkylation sites (tertiary alicyclic amines) is 1. The first-order valence-electron chi connectivity index (χ1n) is 10.3. The maximum atomic E-state index is 13.5. The number of carbonyl (C=O) groups excluding carboxylic acids is 1. The highest BCUT2D eigenvalue weighted by atomic mass is 35.5. The number of nitrogens with one attached hydrogen (secondary N) is 1. The number of carbonyl (C=O) groups is 1. The average molecular weight is 460 g/mol. The van der Waals surface area contributed by atoms with Gasteiger partial charge in [0.25, 0.3) is 5.91 Å². The van der Waals surface area contributed by atoms with E-state index in [2.05, 4.69) is 15.2 Å². The van der Waals surface area contributed by atoms with E-state index in [9.17, 15) is 4.79 Å². The molecule has 2 saturated heterocycles. The first-order chi connectivity index (χ1) is 14.3. The van der Waals surface area contributed by atoms with Crippen LogP contribution in [0.4, 0.5) is 0 Å². The molecule has 8 heteroatoms. The Kier molecular flexibility index (Phi) is 7.84. The van der Waals surface area contributed by atoms with Gasteiger partial charge in [-0.3, -0.25) is 14.7 Å². The van der Waals surface area contributed by atoms with Crippen molar-refractivity contribution in [1.82, 2.24) is 25.1 Å². The normalized spacial score (nSPS) is 19.0. The Morgan fingerprint density at radius 2 is 1.74 bits per heavy atom. The van der Waals surface area contributed by atoms with E-state index in [-0.39, 0.29) is 30.7 Å². The number of aromatic nitrogens is 2. The summed E-state index contributed by atoms with van der Waals surface area (Å²) in [7, 11) is 0. The molecule has 0 aliphatic carbocycles. The smallest absolute Gasteiger partial charge is 0.254 e. The fraction of sp³-hybridized carbons (Fsp3) is 0.348. The molecule has 3 aromatic rings. The molecule has 1 aromatic carbocycles. The van der Waals surface area contributed by atoms with Gasteiger partial charge < -0.3 is 10.2 Å². The minimum atomic E-state index is 0. The molecular weight excluding hydrogens is 433 g/mol. The van der Waals surface area contributed by atoms with Crippen LogP contribution in [0, 0.1) is 0 Å². The Bertz CT molecular complexity index is 1030. The summed E-state index contributed by atoms with van der Waals surface area (Å²) in [6.07, 6.45) is 4.56. The molecule has 2 aliphatic heterocycles. The monoisotopic (exact) mass is 459 g/mol. The quantitative estimate of drug-likeness (QED) is 0.650. The Morgan fingerprint density at radius 3 is 2.52 bits per heavy atom. The van der Waals surface area contributed by atoms with Crippen LogP contribution in [0.3, 0.4) is 0 Å². The van der Waals surface area contributed by atoms with Crippen molar-refractivity contribution < 1.29 is 4.79 Å². The van der Waals surface area contributed by atoms with Crippen LogP contribution in [0.1, 0.15) is 16.8 Å². The number of amides is 1. The van der Waals surface area contributed by atoms with Crippen molar-refractivity contribution in [2.75, 3.05) is 39.3 Å². The van der Waals surface area contributed by atoms with E-state index in [1.54, 1.807) is 12.4 Å². The first-order valence-corrected chi connectivity index (χ1v) is 10.3. The van der Waals surface area contributed by atoms with E-state index < -0.39 is 0 Å². The van der Waals surface area contributed by atoms with Gasteiger partial charge in [0.2, 0.25) is 0 Å². The van der Waals surface area contributed by atoms with Gasteiger partial charge in [0.15, 0.2) is 0 Å². The zero-order valence-electron chi connectivity index (χ0n) is 17.2. The predicted octanol–water partition coefficient (Wildman–Crippen LogP) is 3.26. The van der Waals surface area contributed by atoms with Gasteiger partial charge >= 0.3 is 0 Å². The van der Waals surface area contributed by atoms with Gasteiger partial charge in [0.05, 0.1) is 16.8 Å². The summed E-state index contributed by atoms with van der Waals surface area (Å²) in [4.78, 5) is 27.0. The van der Waals surface area contributed by atoms with Gasteiger partial charge in [-0.15, -0.1) is 24.8 Å². The van der Waals surface area contributed by atoms with Crippen molar-refractivity contribution in [3.8, 4) is 11.3 Å². The number of piperazine rings is 1. The lowest BCUT2D eigenvalue weighted by Crippen LogP contribution is -2.49. The van der Waals surface area contributed by atoms with E-state index in [0.29, 0.717) is 6.04 Å². The second-order valence-electron chi connectivity index (χ2n) is 7.79. The van der Waals surface area contributed by atoms with Crippen LogP contribution in [0.5, 0.6) is 0 Å². The summed E-state index contributed by atoms with van der Waals surface area (Å²) in [5.74, 6) is 0.108. The van der Waals surface area contributed by atoms with Crippen LogP contribution >= 0.6 is 24.8 Å². The molecule has 0 spiro atoms. The molecule has 2 fully saturated rings. The summed E-state index contributed by atoms with van der Waals surface area (Å²) in [5.41, 5.74) is 3.37. The van der Waals surface area contributed by atoms with E-state index in [4.69, 9.17) is 4.98 Å². The zero-order chi connectivity index (χ0) is 19.6.